The highest BCUT2D eigenvalue weighted by atomic mass is 16.4. The lowest BCUT2D eigenvalue weighted by atomic mass is 10.1. The highest BCUT2D eigenvalue weighted by Crippen LogP contribution is 2.30. The van der Waals surface area contributed by atoms with Gasteiger partial charge in [0.1, 0.15) is 0 Å². The van der Waals surface area contributed by atoms with Crippen LogP contribution in [0.2, 0.25) is 0 Å². The maximum Gasteiger partial charge on any atom is 0.305 e. The molecule has 0 heterocycles. The quantitative estimate of drug-likeness (QED) is 0.720. The van der Waals surface area contributed by atoms with E-state index in [0.717, 1.165) is 6.54 Å². The molecule has 1 rings (SSSR count). The van der Waals surface area contributed by atoms with E-state index in [4.69, 9.17) is 5.11 Å². The van der Waals surface area contributed by atoms with E-state index in [2.05, 4.69) is 0 Å². The first-order chi connectivity index (χ1) is 7.49. The smallest absolute Gasteiger partial charge is 0.305 e. The zero-order valence-corrected chi connectivity index (χ0v) is 10.1. The van der Waals surface area contributed by atoms with Gasteiger partial charge in [0.2, 0.25) is 5.91 Å². The molecule has 1 fully saturated rings. The Labute approximate surface area is 96.6 Å². The first-order valence-corrected chi connectivity index (χ1v) is 5.98. The molecule has 1 aliphatic rings. The molecule has 92 valence electrons. The van der Waals surface area contributed by atoms with Gasteiger partial charge in [-0.05, 0) is 24.7 Å². The molecule has 0 aromatic carbocycles. The Bertz CT molecular complexity index is 259. The average molecular weight is 227 g/mol. The number of nitrogens with zero attached hydrogens (tertiary/aromatic N) is 1. The second-order valence-electron chi connectivity index (χ2n) is 5.02. The monoisotopic (exact) mass is 227 g/mol. The molecule has 0 aromatic heterocycles. The van der Waals surface area contributed by atoms with Gasteiger partial charge in [0.15, 0.2) is 0 Å². The second kappa shape index (κ2) is 5.87. The van der Waals surface area contributed by atoms with E-state index < -0.39 is 5.97 Å². The minimum atomic E-state index is -0.835. The SMILES string of the molecule is CC(C)CC(=O)N(CCC(=O)O)CC1CC1. The molecule has 1 amide bonds. The first-order valence-electron chi connectivity index (χ1n) is 5.98. The molecule has 0 atom stereocenters. The van der Waals surface area contributed by atoms with Crippen molar-refractivity contribution in [2.45, 2.75) is 39.5 Å². The van der Waals surface area contributed by atoms with E-state index >= 15 is 0 Å². The van der Waals surface area contributed by atoms with Crippen molar-refractivity contribution in [2.75, 3.05) is 13.1 Å². The van der Waals surface area contributed by atoms with Crippen LogP contribution >= 0.6 is 0 Å². The van der Waals surface area contributed by atoms with Gasteiger partial charge in [-0.1, -0.05) is 13.8 Å². The zero-order valence-electron chi connectivity index (χ0n) is 10.1. The van der Waals surface area contributed by atoms with Gasteiger partial charge < -0.3 is 10.0 Å². The standard InChI is InChI=1S/C12H21NO3/c1-9(2)7-11(14)13(6-5-12(15)16)8-10-3-4-10/h9-10H,3-8H2,1-2H3,(H,15,16). The van der Waals surface area contributed by atoms with E-state index in [9.17, 15) is 9.59 Å². The number of aliphatic carboxylic acids is 1. The Morgan fingerprint density at radius 1 is 1.38 bits per heavy atom. The van der Waals surface area contributed by atoms with Crippen molar-refractivity contribution >= 4 is 11.9 Å². The summed E-state index contributed by atoms with van der Waals surface area (Å²) in [5, 5.41) is 8.64. The van der Waals surface area contributed by atoms with Crippen molar-refractivity contribution < 1.29 is 14.7 Å². The molecule has 1 saturated carbocycles. The van der Waals surface area contributed by atoms with Gasteiger partial charge in [-0.15, -0.1) is 0 Å². The number of amides is 1. The number of hydrogen-bond acceptors (Lipinski definition) is 2. The summed E-state index contributed by atoms with van der Waals surface area (Å²) in [6.45, 7) is 5.12. The summed E-state index contributed by atoms with van der Waals surface area (Å²) < 4.78 is 0. The van der Waals surface area contributed by atoms with Crippen LogP contribution in [0.4, 0.5) is 0 Å². The molecule has 16 heavy (non-hydrogen) atoms. The van der Waals surface area contributed by atoms with Crippen molar-refractivity contribution in [3.63, 3.8) is 0 Å². The molecule has 0 unspecified atom stereocenters. The molecule has 1 aliphatic carbocycles. The van der Waals surface area contributed by atoms with Gasteiger partial charge in [-0.3, -0.25) is 9.59 Å². The Balaban J connectivity index is 2.40. The lowest BCUT2D eigenvalue weighted by molar-refractivity contribution is -0.138. The molecule has 0 radical (unpaired) electrons. The summed E-state index contributed by atoms with van der Waals surface area (Å²) in [6.07, 6.45) is 2.93. The molecule has 0 aromatic rings. The Morgan fingerprint density at radius 3 is 2.44 bits per heavy atom. The molecule has 0 bridgehead atoms. The molecular weight excluding hydrogens is 206 g/mol. The van der Waals surface area contributed by atoms with E-state index in [1.165, 1.54) is 12.8 Å². The van der Waals surface area contributed by atoms with E-state index in [0.29, 0.717) is 24.8 Å². The topological polar surface area (TPSA) is 57.6 Å². The minimum absolute atomic E-state index is 0.0521. The number of carbonyl (C=O) groups is 2. The van der Waals surface area contributed by atoms with Gasteiger partial charge in [0.05, 0.1) is 6.42 Å². The fourth-order valence-electron chi connectivity index (χ4n) is 1.64. The first kappa shape index (κ1) is 13.0. The van der Waals surface area contributed by atoms with Crippen molar-refractivity contribution in [3.05, 3.63) is 0 Å². The predicted molar refractivity (Wildman–Crippen MR) is 61.0 cm³/mol. The summed E-state index contributed by atoms with van der Waals surface area (Å²) in [7, 11) is 0. The zero-order chi connectivity index (χ0) is 12.1. The van der Waals surface area contributed by atoms with Gasteiger partial charge in [0, 0.05) is 19.5 Å². The van der Waals surface area contributed by atoms with Crippen molar-refractivity contribution in [2.24, 2.45) is 11.8 Å². The largest absolute Gasteiger partial charge is 0.481 e. The molecule has 1 N–H and O–H groups in total. The van der Waals surface area contributed by atoms with Crippen LogP contribution < -0.4 is 0 Å². The maximum atomic E-state index is 11.9. The second-order valence-corrected chi connectivity index (χ2v) is 5.02. The third-order valence-corrected chi connectivity index (χ3v) is 2.71. The number of rotatable bonds is 7. The van der Waals surface area contributed by atoms with Crippen LogP contribution in [-0.2, 0) is 9.59 Å². The van der Waals surface area contributed by atoms with Crippen LogP contribution in [0.15, 0.2) is 0 Å². The van der Waals surface area contributed by atoms with Gasteiger partial charge in [0.25, 0.3) is 0 Å². The van der Waals surface area contributed by atoms with Crippen molar-refractivity contribution in [1.82, 2.24) is 4.90 Å². The van der Waals surface area contributed by atoms with E-state index in [-0.39, 0.29) is 12.3 Å². The minimum Gasteiger partial charge on any atom is -0.481 e. The fraction of sp³-hybridized carbons (Fsp3) is 0.833. The molecular formula is C12H21NO3. The highest BCUT2D eigenvalue weighted by molar-refractivity contribution is 5.77. The van der Waals surface area contributed by atoms with Crippen LogP contribution in [0.25, 0.3) is 0 Å². The summed E-state index contributed by atoms with van der Waals surface area (Å²) in [4.78, 5) is 24.1. The van der Waals surface area contributed by atoms with E-state index in [1.54, 1.807) is 4.90 Å². The Morgan fingerprint density at radius 2 is 2.00 bits per heavy atom. The lowest BCUT2D eigenvalue weighted by Crippen LogP contribution is -2.35. The normalized spacial score (nSPS) is 15.2. The van der Waals surface area contributed by atoms with Crippen LogP contribution in [-0.4, -0.2) is 35.0 Å². The maximum absolute atomic E-state index is 11.9. The van der Waals surface area contributed by atoms with Gasteiger partial charge >= 0.3 is 5.97 Å². The van der Waals surface area contributed by atoms with Crippen LogP contribution in [0, 0.1) is 11.8 Å². The van der Waals surface area contributed by atoms with Crippen molar-refractivity contribution in [1.29, 1.82) is 0 Å². The van der Waals surface area contributed by atoms with Crippen LogP contribution in [0.1, 0.15) is 39.5 Å². The van der Waals surface area contributed by atoms with E-state index in [1.807, 2.05) is 13.8 Å². The summed E-state index contributed by atoms with van der Waals surface area (Å²) in [6, 6.07) is 0. The fourth-order valence-corrected chi connectivity index (χ4v) is 1.64. The highest BCUT2D eigenvalue weighted by Gasteiger charge is 2.27. The van der Waals surface area contributed by atoms with Crippen LogP contribution in [0.5, 0.6) is 0 Å². The van der Waals surface area contributed by atoms with Gasteiger partial charge in [-0.2, -0.15) is 0 Å². The number of carboxylic acids is 1. The Hall–Kier alpha value is -1.06. The molecule has 0 saturated heterocycles. The number of carbonyl (C=O) groups excluding carboxylic acids is 1. The summed E-state index contributed by atoms with van der Waals surface area (Å²) in [5.41, 5.74) is 0. The van der Waals surface area contributed by atoms with Crippen LogP contribution in [0.3, 0.4) is 0 Å². The average Bonchev–Trinajstić information content (AvgIpc) is 2.94. The molecule has 0 spiro atoms. The molecule has 4 heteroatoms. The molecule has 4 nitrogen and oxygen atoms in total. The summed E-state index contributed by atoms with van der Waals surface area (Å²) in [5.74, 6) is 0.213. The number of hydrogen-bond donors (Lipinski definition) is 1. The van der Waals surface area contributed by atoms with Gasteiger partial charge in [-0.25, -0.2) is 0 Å². The third kappa shape index (κ3) is 5.14. The number of carboxylic acid groups (broad SMARTS) is 1. The summed E-state index contributed by atoms with van der Waals surface area (Å²) >= 11 is 0. The third-order valence-electron chi connectivity index (χ3n) is 2.71. The Kier molecular flexibility index (Phi) is 4.77. The lowest BCUT2D eigenvalue weighted by Gasteiger charge is -2.22. The predicted octanol–water partition coefficient (Wildman–Crippen LogP) is 1.75. The molecule has 0 aliphatic heterocycles. The van der Waals surface area contributed by atoms with Crippen molar-refractivity contribution in [3.8, 4) is 0 Å².